The van der Waals surface area contributed by atoms with Crippen LogP contribution in [-0.2, 0) is 10.8 Å². The minimum Gasteiger partial charge on any atom is -0.248 e. The first-order chi connectivity index (χ1) is 33.2. The van der Waals surface area contributed by atoms with E-state index in [1.807, 2.05) is 0 Å². The zero-order valence-corrected chi connectivity index (χ0v) is 38.7. The molecule has 0 amide bonds. The average Bonchev–Trinajstić information content (AvgIpc) is 3.77. The second-order valence-corrected chi connectivity index (χ2v) is 19.7. The van der Waals surface area contributed by atoms with Crippen LogP contribution in [0.25, 0.3) is 111 Å². The molecular weight excluding hydrogens is 821 g/mol. The summed E-state index contributed by atoms with van der Waals surface area (Å²) in [7, 11) is 0. The molecule has 0 bridgehead atoms. The summed E-state index contributed by atoms with van der Waals surface area (Å²) in [5.41, 5.74) is 24.7. The molecule has 0 fully saturated rings. The molecular formula is C66H48N2. The zero-order valence-electron chi connectivity index (χ0n) is 38.7. The van der Waals surface area contributed by atoms with Gasteiger partial charge < -0.3 is 0 Å². The lowest BCUT2D eigenvalue weighted by atomic mass is 9.81. The van der Waals surface area contributed by atoms with E-state index >= 15 is 0 Å². The Labute approximate surface area is 398 Å². The van der Waals surface area contributed by atoms with E-state index in [1.165, 1.54) is 72.1 Å². The van der Waals surface area contributed by atoms with Gasteiger partial charge in [-0.05, 0) is 120 Å². The molecule has 0 saturated carbocycles. The van der Waals surface area contributed by atoms with Crippen molar-refractivity contribution >= 4 is 21.7 Å². The fourth-order valence-electron chi connectivity index (χ4n) is 11.5. The van der Waals surface area contributed by atoms with E-state index in [1.54, 1.807) is 0 Å². The van der Waals surface area contributed by atoms with Gasteiger partial charge in [0.05, 0.1) is 22.6 Å². The standard InChI is InChI=1S/C66H48N2/c1-65(2)57-25-15-13-22-49(57)51-33-31-45(35-59(51)65)55-40-63(46-32-34-52-50-23-14-16-26-58(50)66(3,4)60(52)36-46)68-64-53-24-12-11-21-48(53)54(39-56(55)64)42-27-29-44(30-28-42)62-38-47(41-17-7-5-8-18-41)37-61(67-62)43-19-9-6-10-20-43/h5-40H,1-4H3. The second kappa shape index (κ2) is 15.2. The molecule has 2 aromatic heterocycles. The third-order valence-corrected chi connectivity index (χ3v) is 15.1. The van der Waals surface area contributed by atoms with Crippen LogP contribution in [0.3, 0.4) is 0 Å². The van der Waals surface area contributed by atoms with Crippen LogP contribution in [0, 0.1) is 0 Å². The smallest absolute Gasteiger partial charge is 0.0794 e. The van der Waals surface area contributed by atoms with Crippen LogP contribution in [0.4, 0.5) is 0 Å². The minimum absolute atomic E-state index is 0.121. The highest BCUT2D eigenvalue weighted by Gasteiger charge is 2.37. The first-order valence-corrected chi connectivity index (χ1v) is 23.8. The Morgan fingerprint density at radius 3 is 1.32 bits per heavy atom. The van der Waals surface area contributed by atoms with Gasteiger partial charge in [0.2, 0.25) is 0 Å². The van der Waals surface area contributed by atoms with Crippen molar-refractivity contribution in [3.63, 3.8) is 0 Å². The van der Waals surface area contributed by atoms with E-state index in [2.05, 4.69) is 246 Å². The number of nitrogens with zero attached hydrogens (tertiary/aromatic N) is 2. The predicted octanol–water partition coefficient (Wildman–Crippen LogP) is 17.4. The molecule has 0 spiro atoms. The SMILES string of the molecule is CC1(C)c2ccccc2-c2ccc(-c3cc(-c4ccc5c(c4)C(C)(C)c4ccccc4-5)c4cc(-c5ccc(-c6cc(-c7ccccc7)cc(-c7ccccc7)n6)cc5)c5ccccc5c4n3)cc21. The molecule has 11 aromatic rings. The summed E-state index contributed by atoms with van der Waals surface area (Å²) in [4.78, 5) is 10.9. The highest BCUT2D eigenvalue weighted by Crippen LogP contribution is 2.52. The van der Waals surface area contributed by atoms with E-state index < -0.39 is 0 Å². The van der Waals surface area contributed by atoms with Crippen LogP contribution in [0.5, 0.6) is 0 Å². The van der Waals surface area contributed by atoms with Gasteiger partial charge in [0.15, 0.2) is 0 Å². The van der Waals surface area contributed by atoms with Crippen LogP contribution in [0.1, 0.15) is 49.9 Å². The van der Waals surface area contributed by atoms with Gasteiger partial charge in [0.1, 0.15) is 0 Å². The van der Waals surface area contributed by atoms with Gasteiger partial charge in [-0.1, -0.05) is 210 Å². The van der Waals surface area contributed by atoms with E-state index in [4.69, 9.17) is 9.97 Å². The van der Waals surface area contributed by atoms with Crippen LogP contribution in [0.2, 0.25) is 0 Å². The minimum atomic E-state index is -0.134. The average molecular weight is 869 g/mol. The maximum Gasteiger partial charge on any atom is 0.0794 e. The van der Waals surface area contributed by atoms with Crippen LogP contribution < -0.4 is 0 Å². The molecule has 9 aromatic carbocycles. The second-order valence-electron chi connectivity index (χ2n) is 19.7. The maximum atomic E-state index is 5.66. The van der Waals surface area contributed by atoms with Gasteiger partial charge in [-0.3, -0.25) is 0 Å². The van der Waals surface area contributed by atoms with Crippen molar-refractivity contribution in [3.8, 4) is 89.4 Å². The summed E-state index contributed by atoms with van der Waals surface area (Å²) >= 11 is 0. The Morgan fingerprint density at radius 1 is 0.250 bits per heavy atom. The van der Waals surface area contributed by atoms with E-state index in [-0.39, 0.29) is 10.8 Å². The molecule has 322 valence electrons. The molecule has 0 atom stereocenters. The molecule has 0 saturated heterocycles. The summed E-state index contributed by atoms with van der Waals surface area (Å²) < 4.78 is 0. The van der Waals surface area contributed by atoms with Gasteiger partial charge in [0, 0.05) is 38.3 Å². The van der Waals surface area contributed by atoms with Gasteiger partial charge in [-0.15, -0.1) is 0 Å². The Hall–Kier alpha value is -8.20. The molecule has 0 unspecified atom stereocenters. The molecule has 13 rings (SSSR count). The first-order valence-electron chi connectivity index (χ1n) is 23.8. The molecule has 68 heavy (non-hydrogen) atoms. The summed E-state index contributed by atoms with van der Waals surface area (Å²) in [6.07, 6.45) is 0. The van der Waals surface area contributed by atoms with Crippen molar-refractivity contribution in [1.29, 1.82) is 0 Å². The van der Waals surface area contributed by atoms with E-state index in [0.717, 1.165) is 61.2 Å². The third kappa shape index (κ3) is 6.25. The molecule has 2 aliphatic carbocycles. The van der Waals surface area contributed by atoms with Crippen molar-refractivity contribution in [2.75, 3.05) is 0 Å². The van der Waals surface area contributed by atoms with E-state index in [9.17, 15) is 0 Å². The number of aromatic nitrogens is 2. The van der Waals surface area contributed by atoms with Crippen LogP contribution in [0.15, 0.2) is 218 Å². The zero-order chi connectivity index (χ0) is 45.7. The topological polar surface area (TPSA) is 25.8 Å². The normalized spacial score (nSPS) is 13.8. The fraction of sp³-hybridized carbons (Fsp3) is 0.0909. The molecule has 0 N–H and O–H groups in total. The monoisotopic (exact) mass is 868 g/mol. The van der Waals surface area contributed by atoms with Crippen molar-refractivity contribution in [2.45, 2.75) is 38.5 Å². The number of fused-ring (bicyclic) bond motifs is 9. The van der Waals surface area contributed by atoms with Gasteiger partial charge in [-0.25, -0.2) is 9.97 Å². The summed E-state index contributed by atoms with van der Waals surface area (Å²) in [6.45, 7) is 9.44. The Morgan fingerprint density at radius 2 is 0.691 bits per heavy atom. The summed E-state index contributed by atoms with van der Waals surface area (Å²) in [6, 6.07) is 80.0. The highest BCUT2D eigenvalue weighted by molar-refractivity contribution is 6.16. The molecule has 2 aliphatic rings. The predicted molar refractivity (Wildman–Crippen MR) is 285 cm³/mol. The van der Waals surface area contributed by atoms with Crippen molar-refractivity contribution in [3.05, 3.63) is 241 Å². The highest BCUT2D eigenvalue weighted by atomic mass is 14.7. The fourth-order valence-corrected chi connectivity index (χ4v) is 11.5. The third-order valence-electron chi connectivity index (χ3n) is 15.1. The Bertz CT molecular complexity index is 3760. The molecule has 0 aliphatic heterocycles. The van der Waals surface area contributed by atoms with Gasteiger partial charge in [-0.2, -0.15) is 0 Å². The lowest BCUT2D eigenvalue weighted by Crippen LogP contribution is -2.15. The van der Waals surface area contributed by atoms with Crippen LogP contribution in [-0.4, -0.2) is 9.97 Å². The van der Waals surface area contributed by atoms with Gasteiger partial charge in [0.25, 0.3) is 0 Å². The van der Waals surface area contributed by atoms with Gasteiger partial charge >= 0.3 is 0 Å². The number of hydrogen-bond acceptors (Lipinski definition) is 2. The van der Waals surface area contributed by atoms with Crippen molar-refractivity contribution in [1.82, 2.24) is 9.97 Å². The molecule has 2 heterocycles. The quantitative estimate of drug-likeness (QED) is 0.156. The van der Waals surface area contributed by atoms with Crippen molar-refractivity contribution < 1.29 is 0 Å². The summed E-state index contributed by atoms with van der Waals surface area (Å²) in [5.74, 6) is 0. The Balaban J connectivity index is 0.995. The number of rotatable bonds is 6. The Kier molecular flexibility index (Phi) is 8.95. The number of benzene rings is 9. The first kappa shape index (κ1) is 40.1. The lowest BCUT2D eigenvalue weighted by molar-refractivity contribution is 0.660. The largest absolute Gasteiger partial charge is 0.248 e. The summed E-state index contributed by atoms with van der Waals surface area (Å²) in [5, 5.41) is 3.45. The lowest BCUT2D eigenvalue weighted by Gasteiger charge is -2.23. The van der Waals surface area contributed by atoms with Crippen LogP contribution >= 0.6 is 0 Å². The molecule has 2 heteroatoms. The number of pyridine rings is 2. The molecule has 2 nitrogen and oxygen atoms in total. The van der Waals surface area contributed by atoms with E-state index in [0.29, 0.717) is 0 Å². The molecule has 0 radical (unpaired) electrons. The number of hydrogen-bond donors (Lipinski definition) is 0. The maximum absolute atomic E-state index is 5.66. The van der Waals surface area contributed by atoms with Crippen molar-refractivity contribution in [2.24, 2.45) is 0 Å².